The molecule has 1 aliphatic heterocycles. The first-order chi connectivity index (χ1) is 9.13. The summed E-state index contributed by atoms with van der Waals surface area (Å²) in [5.74, 6) is -0.285. The van der Waals surface area contributed by atoms with E-state index >= 15 is 0 Å². The molecule has 0 saturated carbocycles. The van der Waals surface area contributed by atoms with Crippen molar-refractivity contribution in [2.75, 3.05) is 13.1 Å². The van der Waals surface area contributed by atoms with E-state index in [-0.39, 0.29) is 5.75 Å². The third-order valence-corrected chi connectivity index (χ3v) is 4.18. The number of benzene rings is 1. The second-order valence-corrected chi connectivity index (χ2v) is 6.44. The van der Waals surface area contributed by atoms with E-state index in [0.717, 1.165) is 5.56 Å². The Bertz CT molecular complexity index is 566. The van der Waals surface area contributed by atoms with E-state index in [1.165, 1.54) is 24.3 Å². The van der Waals surface area contributed by atoms with Gasteiger partial charge in [0.1, 0.15) is 11.0 Å². The second-order valence-electron chi connectivity index (χ2n) is 4.60. The molecule has 0 aliphatic carbocycles. The van der Waals surface area contributed by atoms with Crippen molar-refractivity contribution in [3.63, 3.8) is 0 Å². The molecule has 0 spiro atoms. The second kappa shape index (κ2) is 5.23. The lowest BCUT2D eigenvalue weighted by molar-refractivity contribution is -0.274. The number of primary sulfonamides is 1. The number of hydrogen-bond donors (Lipinski definition) is 1. The van der Waals surface area contributed by atoms with Gasteiger partial charge in [0.25, 0.3) is 0 Å². The summed E-state index contributed by atoms with van der Waals surface area (Å²) in [5.41, 5.74) is 0.771. The molecule has 0 amide bonds. The van der Waals surface area contributed by atoms with Gasteiger partial charge in [0, 0.05) is 19.6 Å². The van der Waals surface area contributed by atoms with Gasteiger partial charge >= 0.3 is 6.36 Å². The molecule has 9 heteroatoms. The van der Waals surface area contributed by atoms with Crippen molar-refractivity contribution in [3.05, 3.63) is 29.8 Å². The van der Waals surface area contributed by atoms with Crippen LogP contribution in [0.1, 0.15) is 5.56 Å². The van der Waals surface area contributed by atoms with E-state index < -0.39 is 21.6 Å². The van der Waals surface area contributed by atoms with Crippen molar-refractivity contribution in [1.29, 1.82) is 0 Å². The van der Waals surface area contributed by atoms with E-state index in [0.29, 0.717) is 19.6 Å². The fourth-order valence-corrected chi connectivity index (χ4v) is 2.75. The molecule has 1 aromatic rings. The monoisotopic (exact) mass is 310 g/mol. The van der Waals surface area contributed by atoms with Crippen LogP contribution >= 0.6 is 0 Å². The number of rotatable bonds is 4. The molecular formula is C11H13F3N2O3S. The number of sulfonamides is 1. The fraction of sp³-hybridized carbons (Fsp3) is 0.455. The highest BCUT2D eigenvalue weighted by Gasteiger charge is 2.35. The molecule has 20 heavy (non-hydrogen) atoms. The SMILES string of the molecule is NS(=O)(=O)C1CN(Cc2ccc(OC(F)(F)F)cc2)C1. The minimum atomic E-state index is -4.71. The molecule has 0 bridgehead atoms. The van der Waals surface area contributed by atoms with Crippen molar-refractivity contribution in [1.82, 2.24) is 4.90 Å². The summed E-state index contributed by atoms with van der Waals surface area (Å²) >= 11 is 0. The maximum atomic E-state index is 12.0. The zero-order valence-electron chi connectivity index (χ0n) is 10.3. The molecule has 1 saturated heterocycles. The first-order valence-corrected chi connectivity index (χ1v) is 7.33. The van der Waals surface area contributed by atoms with Gasteiger partial charge in [0.15, 0.2) is 0 Å². The maximum absolute atomic E-state index is 12.0. The van der Waals surface area contributed by atoms with Crippen LogP contribution in [0.3, 0.4) is 0 Å². The van der Waals surface area contributed by atoms with Crippen LogP contribution in [0.2, 0.25) is 0 Å². The van der Waals surface area contributed by atoms with Crippen LogP contribution in [0.15, 0.2) is 24.3 Å². The van der Waals surface area contributed by atoms with Crippen LogP contribution in [-0.2, 0) is 16.6 Å². The lowest BCUT2D eigenvalue weighted by Crippen LogP contribution is -2.55. The molecule has 1 aliphatic rings. The predicted molar refractivity (Wildman–Crippen MR) is 65.3 cm³/mol. The van der Waals surface area contributed by atoms with Crippen LogP contribution < -0.4 is 9.88 Å². The third-order valence-electron chi connectivity index (χ3n) is 2.95. The predicted octanol–water partition coefficient (Wildman–Crippen LogP) is 1.06. The lowest BCUT2D eigenvalue weighted by Gasteiger charge is -2.37. The number of halogens is 3. The number of hydrogen-bond acceptors (Lipinski definition) is 4. The smallest absolute Gasteiger partial charge is 0.406 e. The molecule has 0 aromatic heterocycles. The molecule has 1 fully saturated rings. The molecule has 1 aromatic carbocycles. The van der Waals surface area contributed by atoms with Crippen LogP contribution in [-0.4, -0.2) is 38.0 Å². The Labute approximate surface area is 114 Å². The Hall–Kier alpha value is -1.32. The standard InChI is InChI=1S/C11H13F3N2O3S/c12-11(13,14)19-9-3-1-8(2-4-9)5-16-6-10(7-16)20(15,17)18/h1-4,10H,5-7H2,(H2,15,17,18). The Morgan fingerprint density at radius 2 is 1.80 bits per heavy atom. The molecule has 2 rings (SSSR count). The van der Waals surface area contributed by atoms with E-state index in [2.05, 4.69) is 4.74 Å². The van der Waals surface area contributed by atoms with Gasteiger partial charge in [0.2, 0.25) is 10.0 Å². The minimum absolute atomic E-state index is 0.285. The topological polar surface area (TPSA) is 72.6 Å². The zero-order valence-corrected chi connectivity index (χ0v) is 11.1. The first kappa shape index (κ1) is 15.1. The molecule has 0 radical (unpaired) electrons. The Balaban J connectivity index is 1.87. The average Bonchev–Trinajstić information content (AvgIpc) is 2.21. The van der Waals surface area contributed by atoms with E-state index in [1.54, 1.807) is 0 Å². The number of ether oxygens (including phenoxy) is 1. The summed E-state index contributed by atoms with van der Waals surface area (Å²) < 4.78 is 61.7. The van der Waals surface area contributed by atoms with Gasteiger partial charge in [-0.1, -0.05) is 12.1 Å². The van der Waals surface area contributed by atoms with Crippen LogP contribution in [0, 0.1) is 0 Å². The number of nitrogens with zero attached hydrogens (tertiary/aromatic N) is 1. The molecule has 5 nitrogen and oxygen atoms in total. The van der Waals surface area contributed by atoms with E-state index in [1.807, 2.05) is 4.90 Å². The summed E-state index contributed by atoms with van der Waals surface area (Å²) in [7, 11) is -3.50. The van der Waals surface area contributed by atoms with Gasteiger partial charge in [-0.25, -0.2) is 13.6 Å². The summed E-state index contributed by atoms with van der Waals surface area (Å²) in [6, 6.07) is 5.45. The highest BCUT2D eigenvalue weighted by atomic mass is 32.2. The van der Waals surface area contributed by atoms with Gasteiger partial charge in [-0.3, -0.25) is 4.90 Å². The largest absolute Gasteiger partial charge is 0.573 e. The molecule has 0 unspecified atom stereocenters. The van der Waals surface area contributed by atoms with Gasteiger partial charge in [-0.2, -0.15) is 0 Å². The van der Waals surface area contributed by atoms with Gasteiger partial charge < -0.3 is 4.74 Å². The summed E-state index contributed by atoms with van der Waals surface area (Å²) in [6.07, 6.45) is -4.71. The molecule has 1 heterocycles. The Morgan fingerprint density at radius 1 is 1.25 bits per heavy atom. The van der Waals surface area contributed by atoms with Crippen molar-refractivity contribution in [2.45, 2.75) is 18.2 Å². The van der Waals surface area contributed by atoms with Crippen LogP contribution in [0.4, 0.5) is 13.2 Å². The Morgan fingerprint density at radius 3 is 2.25 bits per heavy atom. The third kappa shape index (κ3) is 4.09. The van der Waals surface area contributed by atoms with E-state index in [9.17, 15) is 21.6 Å². The number of likely N-dealkylation sites (tertiary alicyclic amines) is 1. The normalized spacial score (nSPS) is 17.8. The van der Waals surface area contributed by atoms with Crippen molar-refractivity contribution < 1.29 is 26.3 Å². The Kier molecular flexibility index (Phi) is 3.94. The van der Waals surface area contributed by atoms with Gasteiger partial charge in [0.05, 0.1) is 0 Å². The highest BCUT2D eigenvalue weighted by Crippen LogP contribution is 2.24. The maximum Gasteiger partial charge on any atom is 0.573 e. The molecular weight excluding hydrogens is 297 g/mol. The molecule has 112 valence electrons. The number of alkyl halides is 3. The highest BCUT2D eigenvalue weighted by molar-refractivity contribution is 7.89. The van der Waals surface area contributed by atoms with Crippen molar-refractivity contribution in [3.8, 4) is 5.75 Å². The van der Waals surface area contributed by atoms with E-state index in [4.69, 9.17) is 5.14 Å². The quantitative estimate of drug-likeness (QED) is 0.902. The van der Waals surface area contributed by atoms with Crippen LogP contribution in [0.25, 0.3) is 0 Å². The first-order valence-electron chi connectivity index (χ1n) is 5.72. The zero-order chi connectivity index (χ0) is 15.0. The molecule has 2 N–H and O–H groups in total. The summed E-state index contributed by atoms with van der Waals surface area (Å²) in [5, 5.41) is 4.44. The fourth-order valence-electron chi connectivity index (χ4n) is 1.91. The minimum Gasteiger partial charge on any atom is -0.406 e. The lowest BCUT2D eigenvalue weighted by atomic mass is 10.1. The average molecular weight is 310 g/mol. The summed E-state index contributed by atoms with van der Waals surface area (Å²) in [4.78, 5) is 1.84. The molecule has 0 atom stereocenters. The van der Waals surface area contributed by atoms with Gasteiger partial charge in [-0.05, 0) is 17.7 Å². The summed E-state index contributed by atoms with van der Waals surface area (Å²) in [6.45, 7) is 1.12. The van der Waals surface area contributed by atoms with Crippen molar-refractivity contribution in [2.24, 2.45) is 5.14 Å². The van der Waals surface area contributed by atoms with Crippen molar-refractivity contribution >= 4 is 10.0 Å². The van der Waals surface area contributed by atoms with Crippen LogP contribution in [0.5, 0.6) is 5.75 Å². The number of nitrogens with two attached hydrogens (primary N) is 1. The van der Waals surface area contributed by atoms with Gasteiger partial charge in [-0.15, -0.1) is 13.2 Å².